The molecule has 0 bridgehead atoms. The normalized spacial score (nSPS) is 16.9. The summed E-state index contributed by atoms with van der Waals surface area (Å²) in [5.74, 6) is -0.233. The highest BCUT2D eigenvalue weighted by Gasteiger charge is 2.26. The Labute approximate surface area is 155 Å². The van der Waals surface area contributed by atoms with Gasteiger partial charge in [0.1, 0.15) is 5.56 Å². The lowest BCUT2D eigenvalue weighted by Gasteiger charge is -2.32. The van der Waals surface area contributed by atoms with Crippen molar-refractivity contribution >= 4 is 11.9 Å². The van der Waals surface area contributed by atoms with Gasteiger partial charge < -0.3 is 14.7 Å². The number of carbonyl (C=O) groups excluding carboxylic acids is 1. The van der Waals surface area contributed by atoms with Gasteiger partial charge in [-0.2, -0.15) is 5.10 Å². The number of aromatic nitrogens is 2. The van der Waals surface area contributed by atoms with Crippen LogP contribution >= 0.6 is 0 Å². The first-order chi connectivity index (χ1) is 12.3. The van der Waals surface area contributed by atoms with Crippen LogP contribution in [0.1, 0.15) is 68.5 Å². The van der Waals surface area contributed by atoms with Gasteiger partial charge in [-0.05, 0) is 39.0 Å². The van der Waals surface area contributed by atoms with Crippen LogP contribution in [0.4, 0.5) is 0 Å². The van der Waals surface area contributed by atoms with E-state index in [-0.39, 0.29) is 23.6 Å². The Bertz CT molecular complexity index is 618. The highest BCUT2D eigenvalue weighted by Crippen LogP contribution is 2.25. The molecule has 1 unspecified atom stereocenters. The zero-order valence-electron chi connectivity index (χ0n) is 16.3. The van der Waals surface area contributed by atoms with Crippen LogP contribution in [-0.4, -0.2) is 57.5 Å². The molecule has 0 saturated carbocycles. The van der Waals surface area contributed by atoms with Crippen molar-refractivity contribution in [3.05, 3.63) is 17.5 Å². The molecule has 1 aromatic heterocycles. The number of piperidine rings is 1. The van der Waals surface area contributed by atoms with E-state index in [2.05, 4.69) is 18.9 Å². The molecule has 0 aromatic carbocycles. The highest BCUT2D eigenvalue weighted by molar-refractivity contribution is 5.88. The van der Waals surface area contributed by atoms with Crippen LogP contribution < -0.4 is 0 Å². The fourth-order valence-corrected chi connectivity index (χ4v) is 3.60. The van der Waals surface area contributed by atoms with Gasteiger partial charge in [0, 0.05) is 13.1 Å². The quantitative estimate of drug-likeness (QED) is 0.766. The fourth-order valence-electron chi connectivity index (χ4n) is 3.60. The Hall–Kier alpha value is -1.89. The van der Waals surface area contributed by atoms with Gasteiger partial charge in [0.15, 0.2) is 0 Å². The minimum Gasteiger partial charge on any atom is -0.478 e. The van der Waals surface area contributed by atoms with Crippen molar-refractivity contribution in [2.24, 2.45) is 5.92 Å². The van der Waals surface area contributed by atoms with Crippen LogP contribution in [0, 0.1) is 12.8 Å². The van der Waals surface area contributed by atoms with Crippen molar-refractivity contribution in [2.45, 2.75) is 65.5 Å². The number of amides is 1. The number of carboxylic acid groups (broad SMARTS) is 1. The van der Waals surface area contributed by atoms with Crippen LogP contribution in [-0.2, 0) is 9.53 Å². The van der Waals surface area contributed by atoms with Gasteiger partial charge in [-0.15, -0.1) is 0 Å². The summed E-state index contributed by atoms with van der Waals surface area (Å²) in [6, 6.07) is 0.148. The number of ether oxygens (including phenoxy) is 1. The van der Waals surface area contributed by atoms with E-state index in [1.54, 1.807) is 11.6 Å². The van der Waals surface area contributed by atoms with Gasteiger partial charge in [-0.3, -0.25) is 9.48 Å². The minimum absolute atomic E-state index is 0.128. The van der Waals surface area contributed by atoms with E-state index < -0.39 is 5.97 Å². The summed E-state index contributed by atoms with van der Waals surface area (Å²) in [4.78, 5) is 25.4. The number of likely N-dealkylation sites (tertiary alicyclic amines) is 1. The van der Waals surface area contributed by atoms with Crippen molar-refractivity contribution in [1.82, 2.24) is 14.7 Å². The highest BCUT2D eigenvalue weighted by atomic mass is 16.5. The molecule has 1 saturated heterocycles. The second-order valence-corrected chi connectivity index (χ2v) is 7.57. The van der Waals surface area contributed by atoms with E-state index in [1.165, 1.54) is 6.20 Å². The molecule has 1 fully saturated rings. The first kappa shape index (κ1) is 20.4. The van der Waals surface area contributed by atoms with Crippen LogP contribution in [0.5, 0.6) is 0 Å². The number of nitrogens with zero attached hydrogens (tertiary/aromatic N) is 3. The van der Waals surface area contributed by atoms with Crippen molar-refractivity contribution in [3.63, 3.8) is 0 Å². The molecule has 26 heavy (non-hydrogen) atoms. The lowest BCUT2D eigenvalue weighted by molar-refractivity contribution is -0.134. The Kier molecular flexibility index (Phi) is 7.20. The van der Waals surface area contributed by atoms with E-state index in [0.717, 1.165) is 19.3 Å². The molecule has 7 nitrogen and oxygen atoms in total. The lowest BCUT2D eigenvalue weighted by Crippen LogP contribution is -2.39. The molecule has 7 heteroatoms. The fraction of sp³-hybridized carbons (Fsp3) is 0.737. The molecule has 1 aliphatic rings. The van der Waals surface area contributed by atoms with Crippen LogP contribution in [0.25, 0.3) is 0 Å². The van der Waals surface area contributed by atoms with Gasteiger partial charge >= 0.3 is 5.97 Å². The average Bonchev–Trinajstić information content (AvgIpc) is 2.96. The SMILES string of the molecule is Cc1c(C(=O)O)cnn1C1CCN(C(=O)CCOC(C)CC(C)C)CC1. The maximum atomic E-state index is 12.4. The molecule has 1 aromatic rings. The number of carbonyl (C=O) groups is 2. The zero-order valence-corrected chi connectivity index (χ0v) is 16.3. The van der Waals surface area contributed by atoms with E-state index in [4.69, 9.17) is 9.84 Å². The number of hydrogen-bond donors (Lipinski definition) is 1. The van der Waals surface area contributed by atoms with Crippen molar-refractivity contribution in [1.29, 1.82) is 0 Å². The van der Waals surface area contributed by atoms with Crippen LogP contribution in [0.2, 0.25) is 0 Å². The molecule has 1 amide bonds. The number of rotatable bonds is 8. The van der Waals surface area contributed by atoms with E-state index in [0.29, 0.717) is 37.7 Å². The Morgan fingerprint density at radius 2 is 1.96 bits per heavy atom. The van der Waals surface area contributed by atoms with E-state index in [9.17, 15) is 9.59 Å². The summed E-state index contributed by atoms with van der Waals surface area (Å²) >= 11 is 0. The summed E-state index contributed by atoms with van der Waals surface area (Å²) in [7, 11) is 0. The summed E-state index contributed by atoms with van der Waals surface area (Å²) in [6.45, 7) is 9.97. The predicted molar refractivity (Wildman–Crippen MR) is 98.3 cm³/mol. The largest absolute Gasteiger partial charge is 0.478 e. The third kappa shape index (κ3) is 5.30. The summed E-state index contributed by atoms with van der Waals surface area (Å²) in [6.07, 6.45) is 4.58. The Morgan fingerprint density at radius 1 is 1.31 bits per heavy atom. The molecule has 2 rings (SSSR count). The maximum absolute atomic E-state index is 12.4. The monoisotopic (exact) mass is 365 g/mol. The summed E-state index contributed by atoms with van der Waals surface area (Å²) in [5, 5.41) is 13.4. The number of hydrogen-bond acceptors (Lipinski definition) is 4. The predicted octanol–water partition coefficient (Wildman–Crippen LogP) is 2.89. The molecule has 2 heterocycles. The van der Waals surface area contributed by atoms with Crippen molar-refractivity contribution in [2.75, 3.05) is 19.7 Å². The molecular weight excluding hydrogens is 334 g/mol. The molecule has 146 valence electrons. The standard InChI is InChI=1S/C19H31N3O4/c1-13(2)11-14(3)26-10-7-18(23)21-8-5-16(6-9-21)22-15(4)17(12-20-22)19(24)25/h12-14,16H,5-11H2,1-4H3,(H,24,25). The van der Waals surface area contributed by atoms with Gasteiger partial charge in [-0.25, -0.2) is 4.79 Å². The number of aromatic carboxylic acids is 1. The van der Waals surface area contributed by atoms with Crippen molar-refractivity contribution < 1.29 is 19.4 Å². The molecule has 1 atom stereocenters. The van der Waals surface area contributed by atoms with Crippen LogP contribution in [0.3, 0.4) is 0 Å². The molecular formula is C19H31N3O4. The van der Waals surface area contributed by atoms with Crippen LogP contribution in [0.15, 0.2) is 6.20 Å². The summed E-state index contributed by atoms with van der Waals surface area (Å²) in [5.41, 5.74) is 0.922. The Balaban J connectivity index is 1.77. The molecule has 0 aliphatic carbocycles. The molecule has 1 N–H and O–H groups in total. The second kappa shape index (κ2) is 9.16. The molecule has 0 radical (unpaired) electrons. The maximum Gasteiger partial charge on any atom is 0.339 e. The van der Waals surface area contributed by atoms with Gasteiger partial charge in [0.2, 0.25) is 5.91 Å². The first-order valence-corrected chi connectivity index (χ1v) is 9.46. The average molecular weight is 365 g/mol. The van der Waals surface area contributed by atoms with Gasteiger partial charge in [0.05, 0.1) is 37.1 Å². The third-order valence-corrected chi connectivity index (χ3v) is 4.96. The topological polar surface area (TPSA) is 84.7 Å². The Morgan fingerprint density at radius 3 is 2.50 bits per heavy atom. The molecule has 1 aliphatic heterocycles. The lowest BCUT2D eigenvalue weighted by atomic mass is 10.0. The van der Waals surface area contributed by atoms with E-state index in [1.807, 2.05) is 11.8 Å². The first-order valence-electron chi connectivity index (χ1n) is 9.46. The summed E-state index contributed by atoms with van der Waals surface area (Å²) < 4.78 is 7.52. The second-order valence-electron chi connectivity index (χ2n) is 7.57. The zero-order chi connectivity index (χ0) is 19.3. The van der Waals surface area contributed by atoms with E-state index >= 15 is 0 Å². The minimum atomic E-state index is -0.951. The smallest absolute Gasteiger partial charge is 0.339 e. The van der Waals surface area contributed by atoms with Gasteiger partial charge in [-0.1, -0.05) is 13.8 Å². The van der Waals surface area contributed by atoms with Gasteiger partial charge in [0.25, 0.3) is 0 Å². The third-order valence-electron chi connectivity index (χ3n) is 4.96. The van der Waals surface area contributed by atoms with Crippen molar-refractivity contribution in [3.8, 4) is 0 Å². The number of carboxylic acids is 1. The molecule has 0 spiro atoms.